The molecule has 8 nitrogen and oxygen atoms in total. The Kier molecular flexibility index (Phi) is 8.18. The van der Waals surface area contributed by atoms with Crippen LogP contribution in [0.1, 0.15) is 29.5 Å². The Bertz CT molecular complexity index is 1200. The zero-order chi connectivity index (χ0) is 25.3. The summed E-state index contributed by atoms with van der Waals surface area (Å²) < 4.78 is 12.1. The SMILES string of the molecule is NC(=O)[C@@H](Cc1ccc(OCc2ccccc2)c(OCc2ccccc2)c1)NC(=O)[C@@H]1CCC(=O)N1. The molecule has 8 heteroatoms. The van der Waals surface area contributed by atoms with E-state index in [4.69, 9.17) is 15.2 Å². The number of hydrogen-bond acceptors (Lipinski definition) is 5. The molecule has 3 aromatic carbocycles. The van der Waals surface area contributed by atoms with Crippen molar-refractivity contribution < 1.29 is 23.9 Å². The van der Waals surface area contributed by atoms with Crippen molar-refractivity contribution in [2.75, 3.05) is 0 Å². The van der Waals surface area contributed by atoms with Gasteiger partial charge in [-0.3, -0.25) is 14.4 Å². The van der Waals surface area contributed by atoms with E-state index in [1.165, 1.54) is 0 Å². The summed E-state index contributed by atoms with van der Waals surface area (Å²) in [7, 11) is 0. The van der Waals surface area contributed by atoms with Gasteiger partial charge in [0.05, 0.1) is 0 Å². The second-order valence-corrected chi connectivity index (χ2v) is 8.66. The quantitative estimate of drug-likeness (QED) is 0.384. The lowest BCUT2D eigenvalue weighted by Gasteiger charge is -2.19. The van der Waals surface area contributed by atoms with E-state index in [0.29, 0.717) is 31.1 Å². The topological polar surface area (TPSA) is 120 Å². The average molecular weight is 488 g/mol. The van der Waals surface area contributed by atoms with Gasteiger partial charge >= 0.3 is 0 Å². The van der Waals surface area contributed by atoms with Crippen LogP contribution in [-0.4, -0.2) is 29.8 Å². The maximum atomic E-state index is 12.5. The molecular formula is C28H29N3O5. The highest BCUT2D eigenvalue weighted by Crippen LogP contribution is 2.30. The van der Waals surface area contributed by atoms with Gasteiger partial charge < -0.3 is 25.8 Å². The lowest BCUT2D eigenvalue weighted by molar-refractivity contribution is -0.129. The molecule has 0 bridgehead atoms. The fourth-order valence-corrected chi connectivity index (χ4v) is 3.92. The molecular weight excluding hydrogens is 458 g/mol. The van der Waals surface area contributed by atoms with Crippen molar-refractivity contribution in [3.8, 4) is 11.5 Å². The predicted octanol–water partition coefficient (Wildman–Crippen LogP) is 2.64. The molecule has 2 atom stereocenters. The van der Waals surface area contributed by atoms with Crippen LogP contribution in [0.2, 0.25) is 0 Å². The van der Waals surface area contributed by atoms with E-state index in [2.05, 4.69) is 10.6 Å². The summed E-state index contributed by atoms with van der Waals surface area (Å²) in [5.41, 5.74) is 8.33. The van der Waals surface area contributed by atoms with E-state index < -0.39 is 23.9 Å². The largest absolute Gasteiger partial charge is 0.485 e. The standard InChI is InChI=1S/C28H29N3O5/c29-27(33)23(31-28(34)22-12-14-26(32)30-22)15-21-11-13-24(35-17-19-7-3-1-4-8-19)25(16-21)36-18-20-9-5-2-6-10-20/h1-11,13,16,22-23H,12,14-15,17-18H2,(H2,29,33)(H,30,32)(H,31,34)/t22-,23+/m0/s1. The van der Waals surface area contributed by atoms with Gasteiger partial charge in [0, 0.05) is 12.8 Å². The van der Waals surface area contributed by atoms with Gasteiger partial charge in [0.25, 0.3) is 0 Å². The minimum atomic E-state index is -0.937. The van der Waals surface area contributed by atoms with Gasteiger partial charge in [0.1, 0.15) is 25.3 Å². The number of carbonyl (C=O) groups excluding carboxylic acids is 3. The van der Waals surface area contributed by atoms with Gasteiger partial charge in [-0.2, -0.15) is 0 Å². The number of carbonyl (C=O) groups is 3. The molecule has 1 saturated heterocycles. The summed E-state index contributed by atoms with van der Waals surface area (Å²) in [6, 6.07) is 23.4. The molecule has 4 N–H and O–H groups in total. The van der Waals surface area contributed by atoms with Crippen LogP contribution in [0, 0.1) is 0 Å². The van der Waals surface area contributed by atoms with Crippen molar-refractivity contribution in [2.24, 2.45) is 5.73 Å². The van der Waals surface area contributed by atoms with E-state index in [1.807, 2.05) is 66.7 Å². The van der Waals surface area contributed by atoms with E-state index >= 15 is 0 Å². The summed E-state index contributed by atoms with van der Waals surface area (Å²) in [4.78, 5) is 36.1. The highest BCUT2D eigenvalue weighted by Gasteiger charge is 2.30. The molecule has 1 aliphatic rings. The van der Waals surface area contributed by atoms with Crippen LogP contribution in [0.3, 0.4) is 0 Å². The first-order chi connectivity index (χ1) is 17.5. The van der Waals surface area contributed by atoms with E-state index in [0.717, 1.165) is 16.7 Å². The summed E-state index contributed by atoms with van der Waals surface area (Å²) >= 11 is 0. The molecule has 0 aliphatic carbocycles. The Morgan fingerprint density at radius 2 is 1.50 bits per heavy atom. The Morgan fingerprint density at radius 1 is 0.889 bits per heavy atom. The number of nitrogens with one attached hydrogen (secondary N) is 2. The lowest BCUT2D eigenvalue weighted by Crippen LogP contribution is -2.51. The van der Waals surface area contributed by atoms with Crippen molar-refractivity contribution in [1.29, 1.82) is 0 Å². The first kappa shape index (κ1) is 24.8. The van der Waals surface area contributed by atoms with Gasteiger partial charge in [-0.05, 0) is 35.2 Å². The highest BCUT2D eigenvalue weighted by atomic mass is 16.5. The summed E-state index contributed by atoms with van der Waals surface area (Å²) in [5.74, 6) is -0.189. The zero-order valence-electron chi connectivity index (χ0n) is 19.8. The van der Waals surface area contributed by atoms with Crippen LogP contribution in [-0.2, 0) is 34.0 Å². The van der Waals surface area contributed by atoms with Gasteiger partial charge in [0.15, 0.2) is 11.5 Å². The minimum absolute atomic E-state index is 0.169. The first-order valence-corrected chi connectivity index (χ1v) is 11.8. The van der Waals surface area contributed by atoms with Crippen LogP contribution in [0.15, 0.2) is 78.9 Å². The molecule has 1 aliphatic heterocycles. The average Bonchev–Trinajstić information content (AvgIpc) is 3.34. The number of hydrogen-bond donors (Lipinski definition) is 3. The summed E-state index contributed by atoms with van der Waals surface area (Å²) in [6.07, 6.45) is 0.843. The fourth-order valence-electron chi connectivity index (χ4n) is 3.92. The third-order valence-corrected chi connectivity index (χ3v) is 5.89. The van der Waals surface area contributed by atoms with E-state index in [-0.39, 0.29) is 18.7 Å². The molecule has 0 spiro atoms. The van der Waals surface area contributed by atoms with Crippen LogP contribution in [0.4, 0.5) is 0 Å². The van der Waals surface area contributed by atoms with Crippen molar-refractivity contribution in [2.45, 2.75) is 44.6 Å². The Labute approximate surface area is 209 Å². The van der Waals surface area contributed by atoms with Crippen molar-refractivity contribution in [3.05, 3.63) is 95.6 Å². The van der Waals surface area contributed by atoms with Gasteiger partial charge in [-0.25, -0.2) is 0 Å². The van der Waals surface area contributed by atoms with Gasteiger partial charge in [-0.15, -0.1) is 0 Å². The Balaban J connectivity index is 1.49. The number of ether oxygens (including phenoxy) is 2. The van der Waals surface area contributed by atoms with Crippen molar-refractivity contribution in [3.63, 3.8) is 0 Å². The molecule has 0 radical (unpaired) electrons. The maximum absolute atomic E-state index is 12.5. The molecule has 36 heavy (non-hydrogen) atoms. The van der Waals surface area contributed by atoms with Crippen LogP contribution in [0.25, 0.3) is 0 Å². The van der Waals surface area contributed by atoms with Crippen LogP contribution < -0.4 is 25.8 Å². The second-order valence-electron chi connectivity index (χ2n) is 8.66. The molecule has 1 fully saturated rings. The number of rotatable bonds is 11. The van der Waals surface area contributed by atoms with Gasteiger partial charge in [0.2, 0.25) is 17.7 Å². The van der Waals surface area contributed by atoms with E-state index in [1.54, 1.807) is 12.1 Å². The fraction of sp³-hybridized carbons (Fsp3) is 0.250. The highest BCUT2D eigenvalue weighted by molar-refractivity contribution is 5.93. The van der Waals surface area contributed by atoms with Crippen LogP contribution >= 0.6 is 0 Å². The number of amides is 3. The van der Waals surface area contributed by atoms with Crippen molar-refractivity contribution >= 4 is 17.7 Å². The number of nitrogens with two attached hydrogens (primary N) is 1. The molecule has 186 valence electrons. The smallest absolute Gasteiger partial charge is 0.243 e. The zero-order valence-corrected chi connectivity index (χ0v) is 19.8. The first-order valence-electron chi connectivity index (χ1n) is 11.8. The molecule has 4 rings (SSSR count). The Morgan fingerprint density at radius 3 is 2.06 bits per heavy atom. The molecule has 0 saturated carbocycles. The molecule has 0 aromatic heterocycles. The lowest BCUT2D eigenvalue weighted by atomic mass is 10.0. The molecule has 3 amide bonds. The third kappa shape index (κ3) is 6.85. The van der Waals surface area contributed by atoms with Crippen LogP contribution in [0.5, 0.6) is 11.5 Å². The third-order valence-electron chi connectivity index (χ3n) is 5.89. The van der Waals surface area contributed by atoms with E-state index in [9.17, 15) is 14.4 Å². The molecule has 0 unspecified atom stereocenters. The number of benzene rings is 3. The summed E-state index contributed by atoms with van der Waals surface area (Å²) in [5, 5.41) is 5.26. The minimum Gasteiger partial charge on any atom is -0.485 e. The summed E-state index contributed by atoms with van der Waals surface area (Å²) in [6.45, 7) is 0.707. The maximum Gasteiger partial charge on any atom is 0.243 e. The molecule has 1 heterocycles. The predicted molar refractivity (Wildman–Crippen MR) is 134 cm³/mol. The van der Waals surface area contributed by atoms with Crippen molar-refractivity contribution in [1.82, 2.24) is 10.6 Å². The monoisotopic (exact) mass is 487 g/mol. The second kappa shape index (κ2) is 11.9. The van der Waals surface area contributed by atoms with Gasteiger partial charge in [-0.1, -0.05) is 66.7 Å². The molecule has 3 aromatic rings. The normalized spacial score (nSPS) is 15.6. The Hall–Kier alpha value is -4.33. The number of primary amides is 1.